The van der Waals surface area contributed by atoms with Gasteiger partial charge in [0.2, 0.25) is 0 Å². The monoisotopic (exact) mass is 358 g/mol. The first-order chi connectivity index (χ1) is 11.9. The number of methoxy groups -OCH3 is 2. The average Bonchev–Trinajstić information content (AvgIpc) is 2.61. The maximum absolute atomic E-state index is 13.1. The van der Waals surface area contributed by atoms with Crippen LogP contribution in [0.3, 0.4) is 0 Å². The number of benzene rings is 2. The maximum atomic E-state index is 13.1. The maximum Gasteiger partial charge on any atom is 0.173 e. The molecule has 1 heterocycles. The number of anilines is 1. The van der Waals surface area contributed by atoms with Crippen molar-refractivity contribution in [1.82, 2.24) is 9.97 Å². The van der Waals surface area contributed by atoms with Crippen LogP contribution in [-0.4, -0.2) is 34.7 Å². The summed E-state index contributed by atoms with van der Waals surface area (Å²) >= 11 is 0. The van der Waals surface area contributed by atoms with E-state index in [0.717, 1.165) is 0 Å². The zero-order valence-electron chi connectivity index (χ0n) is 14.1. The minimum Gasteiger partial charge on any atom is -0.493 e. The average molecular weight is 358 g/mol. The second kappa shape index (κ2) is 6.56. The number of rotatable bonds is 4. The number of hydrogen-bond donors (Lipinski definition) is 1. The lowest BCUT2D eigenvalue weighted by molar-refractivity contribution is 0.356. The quantitative estimate of drug-likeness (QED) is 0.720. The van der Waals surface area contributed by atoms with Gasteiger partial charge >= 0.3 is 0 Å². The van der Waals surface area contributed by atoms with Crippen LogP contribution in [0.4, 0.5) is 11.5 Å². The predicted octanol–water partition coefficient (Wildman–Crippen LogP) is 3.02. The molecule has 0 saturated carbocycles. The summed E-state index contributed by atoms with van der Waals surface area (Å²) in [7, 11) is 0.395. The normalized spacial score (nSPS) is 13.2. The summed E-state index contributed by atoms with van der Waals surface area (Å²) in [4.78, 5) is 8.99. The van der Waals surface area contributed by atoms with Crippen LogP contribution < -0.4 is 15.2 Å². The molecule has 0 aliphatic carbocycles. The topological polar surface area (TPSA) is 99.7 Å². The number of ether oxygens (including phenoxy) is 2. The minimum absolute atomic E-state index is 0.329. The smallest absolute Gasteiger partial charge is 0.173 e. The summed E-state index contributed by atoms with van der Waals surface area (Å²) in [5.41, 5.74) is 6.91. The Hall–Kier alpha value is -2.87. The van der Waals surface area contributed by atoms with Gasteiger partial charge in [0.1, 0.15) is 6.33 Å². The Bertz CT molecular complexity index is 1040. The molecule has 0 aliphatic heterocycles. The Morgan fingerprint density at radius 1 is 1.04 bits per heavy atom. The molecule has 7 nitrogen and oxygen atoms in total. The first-order valence-electron chi connectivity index (χ1n) is 7.39. The van der Waals surface area contributed by atoms with Crippen molar-refractivity contribution < 1.29 is 13.7 Å². The van der Waals surface area contributed by atoms with E-state index in [2.05, 4.69) is 14.3 Å². The van der Waals surface area contributed by atoms with E-state index in [-0.39, 0.29) is 0 Å². The highest BCUT2D eigenvalue weighted by Crippen LogP contribution is 2.35. The Balaban J connectivity index is 2.21. The van der Waals surface area contributed by atoms with Crippen LogP contribution in [0.1, 0.15) is 0 Å². The van der Waals surface area contributed by atoms with E-state index < -0.39 is 9.73 Å². The molecule has 25 heavy (non-hydrogen) atoms. The molecule has 1 unspecified atom stereocenters. The summed E-state index contributed by atoms with van der Waals surface area (Å²) in [6, 6.07) is 10.3. The molecular formula is C17H18N4O3S. The van der Waals surface area contributed by atoms with Gasteiger partial charge in [-0.3, -0.25) is 0 Å². The third kappa shape index (κ3) is 3.34. The molecule has 0 saturated heterocycles. The summed E-state index contributed by atoms with van der Waals surface area (Å²) < 4.78 is 28.1. The van der Waals surface area contributed by atoms with E-state index in [9.17, 15) is 4.21 Å². The van der Waals surface area contributed by atoms with Gasteiger partial charge in [-0.2, -0.15) is 4.36 Å². The lowest BCUT2D eigenvalue weighted by Crippen LogP contribution is -1.98. The number of nitrogen functional groups attached to an aromatic ring is 1. The molecule has 3 aromatic rings. The highest BCUT2D eigenvalue weighted by Gasteiger charge is 2.13. The highest BCUT2D eigenvalue weighted by molar-refractivity contribution is 7.93. The Morgan fingerprint density at radius 2 is 1.68 bits per heavy atom. The van der Waals surface area contributed by atoms with E-state index in [0.29, 0.717) is 38.8 Å². The van der Waals surface area contributed by atoms with Gasteiger partial charge in [0.25, 0.3) is 0 Å². The molecule has 0 spiro atoms. The summed E-state index contributed by atoms with van der Waals surface area (Å²) in [5.74, 6) is 1.40. The van der Waals surface area contributed by atoms with Crippen molar-refractivity contribution in [3.05, 3.63) is 42.7 Å². The van der Waals surface area contributed by atoms with Gasteiger partial charge in [-0.05, 0) is 30.3 Å². The Labute approximate surface area is 146 Å². The summed E-state index contributed by atoms with van der Waals surface area (Å²) in [6.07, 6.45) is 2.94. The van der Waals surface area contributed by atoms with Crippen LogP contribution in [0.25, 0.3) is 10.9 Å². The van der Waals surface area contributed by atoms with Crippen molar-refractivity contribution in [1.29, 1.82) is 0 Å². The molecular weight excluding hydrogens is 340 g/mol. The SMILES string of the molecule is COc1cc2ncnc(N=S(C)(=O)c3ccc(N)cc3)c2cc1OC. The fourth-order valence-electron chi connectivity index (χ4n) is 2.38. The van der Waals surface area contributed by atoms with E-state index >= 15 is 0 Å². The summed E-state index contributed by atoms with van der Waals surface area (Å²) in [5, 5.41) is 0.630. The molecule has 2 aromatic carbocycles. The summed E-state index contributed by atoms with van der Waals surface area (Å²) in [6.45, 7) is 0. The van der Waals surface area contributed by atoms with Crippen LogP contribution in [0.5, 0.6) is 11.5 Å². The van der Waals surface area contributed by atoms with Crippen molar-refractivity contribution in [2.24, 2.45) is 4.36 Å². The standard InChI is InChI=1S/C17H18N4O3S/c1-23-15-8-13-14(9-16(15)24-2)19-10-20-17(13)21-25(3,22)12-6-4-11(18)5-7-12/h4-10H,18H2,1-3H3. The number of nitrogens with two attached hydrogens (primary N) is 1. The minimum atomic E-state index is -2.70. The van der Waals surface area contributed by atoms with Crippen LogP contribution in [0.2, 0.25) is 0 Å². The third-order valence-corrected chi connectivity index (χ3v) is 5.37. The third-order valence-electron chi connectivity index (χ3n) is 3.70. The van der Waals surface area contributed by atoms with E-state index in [1.54, 1.807) is 56.9 Å². The van der Waals surface area contributed by atoms with Crippen molar-refractivity contribution in [3.8, 4) is 11.5 Å². The molecule has 130 valence electrons. The first kappa shape index (κ1) is 17.0. The van der Waals surface area contributed by atoms with Crippen molar-refractivity contribution >= 4 is 32.1 Å². The van der Waals surface area contributed by atoms with Crippen LogP contribution >= 0.6 is 0 Å². The molecule has 0 fully saturated rings. The van der Waals surface area contributed by atoms with Gasteiger partial charge in [-0.25, -0.2) is 14.2 Å². The molecule has 0 amide bonds. The number of fused-ring (bicyclic) bond motifs is 1. The zero-order chi connectivity index (χ0) is 18.0. The second-order valence-electron chi connectivity index (χ2n) is 5.38. The van der Waals surface area contributed by atoms with Gasteiger partial charge in [-0.15, -0.1) is 0 Å². The predicted molar refractivity (Wildman–Crippen MR) is 97.9 cm³/mol. The van der Waals surface area contributed by atoms with Crippen LogP contribution in [-0.2, 0) is 9.73 Å². The van der Waals surface area contributed by atoms with Crippen LogP contribution in [0.15, 0.2) is 52.0 Å². The lowest BCUT2D eigenvalue weighted by Gasteiger charge is -2.10. The Kier molecular flexibility index (Phi) is 4.45. The fourth-order valence-corrected chi connectivity index (χ4v) is 3.60. The fraction of sp³-hybridized carbons (Fsp3) is 0.176. The molecule has 0 radical (unpaired) electrons. The van der Waals surface area contributed by atoms with E-state index in [4.69, 9.17) is 15.2 Å². The number of hydrogen-bond acceptors (Lipinski definition) is 7. The second-order valence-corrected chi connectivity index (χ2v) is 7.64. The van der Waals surface area contributed by atoms with E-state index in [1.165, 1.54) is 6.33 Å². The molecule has 0 bridgehead atoms. The van der Waals surface area contributed by atoms with Crippen molar-refractivity contribution in [3.63, 3.8) is 0 Å². The molecule has 0 aliphatic rings. The zero-order valence-corrected chi connectivity index (χ0v) is 14.9. The van der Waals surface area contributed by atoms with Gasteiger partial charge in [0, 0.05) is 28.3 Å². The lowest BCUT2D eigenvalue weighted by atomic mass is 10.2. The number of nitrogens with zero attached hydrogens (tertiary/aromatic N) is 3. The van der Waals surface area contributed by atoms with Crippen molar-refractivity contribution in [2.45, 2.75) is 4.90 Å². The molecule has 1 atom stereocenters. The van der Waals surface area contributed by atoms with Gasteiger partial charge < -0.3 is 15.2 Å². The van der Waals surface area contributed by atoms with Gasteiger partial charge in [-0.1, -0.05) is 0 Å². The van der Waals surface area contributed by atoms with E-state index in [1.807, 2.05) is 0 Å². The highest BCUT2D eigenvalue weighted by atomic mass is 32.2. The Morgan fingerprint density at radius 3 is 2.32 bits per heavy atom. The molecule has 1 aromatic heterocycles. The number of aromatic nitrogens is 2. The van der Waals surface area contributed by atoms with Gasteiger partial charge in [0.05, 0.1) is 29.5 Å². The molecule has 2 N–H and O–H groups in total. The molecule has 8 heteroatoms. The van der Waals surface area contributed by atoms with Crippen molar-refractivity contribution in [2.75, 3.05) is 26.2 Å². The molecule has 3 rings (SSSR count). The van der Waals surface area contributed by atoms with Gasteiger partial charge in [0.15, 0.2) is 17.3 Å². The van der Waals surface area contributed by atoms with Crippen LogP contribution in [0, 0.1) is 0 Å². The largest absolute Gasteiger partial charge is 0.493 e. The first-order valence-corrected chi connectivity index (χ1v) is 9.31.